The minimum Gasteiger partial charge on any atom is -0.494 e. The van der Waals surface area contributed by atoms with Crippen LogP contribution in [0.15, 0.2) is 36.4 Å². The van der Waals surface area contributed by atoms with Crippen LogP contribution in [0.2, 0.25) is 0 Å². The van der Waals surface area contributed by atoms with Crippen molar-refractivity contribution in [3.05, 3.63) is 64.6 Å². The zero-order valence-corrected chi connectivity index (χ0v) is 18.3. The molecule has 1 aliphatic rings. The fourth-order valence-corrected chi connectivity index (χ4v) is 3.41. The molecule has 0 aliphatic carbocycles. The summed E-state index contributed by atoms with van der Waals surface area (Å²) in [4.78, 5) is 12.8. The van der Waals surface area contributed by atoms with Gasteiger partial charge in [0.15, 0.2) is 0 Å². The Hall–Kier alpha value is -2.33. The van der Waals surface area contributed by atoms with Crippen LogP contribution in [0.3, 0.4) is 0 Å². The van der Waals surface area contributed by atoms with E-state index in [-0.39, 0.29) is 23.4 Å². The Morgan fingerprint density at radius 3 is 2.17 bits per heavy atom. The van der Waals surface area contributed by atoms with Gasteiger partial charge in [-0.25, -0.2) is 0 Å². The van der Waals surface area contributed by atoms with E-state index in [9.17, 15) is 4.79 Å². The summed E-state index contributed by atoms with van der Waals surface area (Å²) in [6.45, 7) is 13.5. The van der Waals surface area contributed by atoms with Gasteiger partial charge in [-0.3, -0.25) is 4.79 Å². The Balaban J connectivity index is 2.03. The highest BCUT2D eigenvalue weighted by Crippen LogP contribution is 2.46. The molecule has 0 saturated carbocycles. The van der Waals surface area contributed by atoms with Crippen molar-refractivity contribution in [1.29, 1.82) is 0 Å². The SMILES string of the molecule is CC(C)(C)c1cc2c(c(C(C)(C)C)c1)OC(=O)[C]2c1ccc(OCCCO)cc1. The van der Waals surface area contributed by atoms with Crippen LogP contribution in [-0.2, 0) is 15.6 Å². The maximum atomic E-state index is 12.8. The van der Waals surface area contributed by atoms with Crippen LogP contribution in [0.25, 0.3) is 0 Å². The summed E-state index contributed by atoms with van der Waals surface area (Å²) in [7, 11) is 0. The molecular weight excluding hydrogens is 364 g/mol. The molecule has 0 fully saturated rings. The molecule has 3 rings (SSSR count). The number of hydrogen-bond donors (Lipinski definition) is 1. The van der Waals surface area contributed by atoms with Gasteiger partial charge in [0.1, 0.15) is 17.4 Å². The summed E-state index contributed by atoms with van der Waals surface area (Å²) in [5.74, 6) is 1.67. The number of rotatable bonds is 5. The second-order valence-electron chi connectivity index (χ2n) is 9.62. The molecule has 1 N–H and O–H groups in total. The van der Waals surface area contributed by atoms with E-state index < -0.39 is 0 Å². The normalized spacial score (nSPS) is 14.7. The largest absolute Gasteiger partial charge is 0.494 e. The van der Waals surface area contributed by atoms with Crippen molar-refractivity contribution in [3.8, 4) is 11.5 Å². The third kappa shape index (κ3) is 4.48. The summed E-state index contributed by atoms with van der Waals surface area (Å²) < 4.78 is 11.4. The van der Waals surface area contributed by atoms with E-state index in [1.54, 1.807) is 0 Å². The highest BCUT2D eigenvalue weighted by Gasteiger charge is 2.40. The Bertz CT molecular complexity index is 883. The first-order valence-electron chi connectivity index (χ1n) is 10.1. The van der Waals surface area contributed by atoms with Crippen LogP contribution in [0, 0.1) is 5.92 Å². The highest BCUT2D eigenvalue weighted by molar-refractivity contribution is 6.01. The van der Waals surface area contributed by atoms with E-state index in [1.165, 1.54) is 5.56 Å². The van der Waals surface area contributed by atoms with Crippen LogP contribution in [-0.4, -0.2) is 24.3 Å². The maximum absolute atomic E-state index is 12.8. The number of ether oxygens (including phenoxy) is 2. The molecule has 0 atom stereocenters. The van der Waals surface area contributed by atoms with Crippen molar-refractivity contribution in [2.45, 2.75) is 58.8 Å². The van der Waals surface area contributed by atoms with Gasteiger partial charge in [-0.2, -0.15) is 0 Å². The van der Waals surface area contributed by atoms with E-state index in [1.807, 2.05) is 24.3 Å². The van der Waals surface area contributed by atoms with Gasteiger partial charge in [0, 0.05) is 24.2 Å². The number of fused-ring (bicyclic) bond motifs is 1. The lowest BCUT2D eigenvalue weighted by Crippen LogP contribution is -2.17. The summed E-state index contributed by atoms with van der Waals surface area (Å²) in [6, 6.07) is 11.7. The third-order valence-corrected chi connectivity index (χ3v) is 5.15. The van der Waals surface area contributed by atoms with Crippen LogP contribution in [0.5, 0.6) is 11.5 Å². The Labute approximate surface area is 173 Å². The van der Waals surface area contributed by atoms with Gasteiger partial charge in [-0.1, -0.05) is 59.7 Å². The number of carbonyl (C=O) groups excluding carboxylic acids is 1. The molecule has 155 valence electrons. The fraction of sp³-hybridized carbons (Fsp3) is 0.440. The molecule has 0 spiro atoms. The van der Waals surface area contributed by atoms with Crippen LogP contribution in [0.1, 0.15) is 70.2 Å². The smallest absolute Gasteiger partial charge is 0.328 e. The Kier molecular flexibility index (Phi) is 5.77. The van der Waals surface area contributed by atoms with E-state index in [0.29, 0.717) is 30.4 Å². The van der Waals surface area contributed by atoms with Gasteiger partial charge in [-0.05, 0) is 40.2 Å². The molecule has 29 heavy (non-hydrogen) atoms. The number of hydrogen-bond acceptors (Lipinski definition) is 4. The first-order chi connectivity index (χ1) is 13.5. The van der Waals surface area contributed by atoms with Crippen LogP contribution in [0.4, 0.5) is 0 Å². The van der Waals surface area contributed by atoms with E-state index >= 15 is 0 Å². The topological polar surface area (TPSA) is 55.8 Å². The van der Waals surface area contributed by atoms with Crippen molar-refractivity contribution in [2.75, 3.05) is 13.2 Å². The first-order valence-corrected chi connectivity index (χ1v) is 10.1. The minimum absolute atomic E-state index is 0.0455. The summed E-state index contributed by atoms with van der Waals surface area (Å²) in [6.07, 6.45) is 0.587. The highest BCUT2D eigenvalue weighted by atomic mass is 16.5. The second-order valence-corrected chi connectivity index (χ2v) is 9.62. The number of esters is 1. The Morgan fingerprint density at radius 2 is 1.62 bits per heavy atom. The van der Waals surface area contributed by atoms with Gasteiger partial charge in [0.2, 0.25) is 0 Å². The quantitative estimate of drug-likeness (QED) is 0.443. The maximum Gasteiger partial charge on any atom is 0.328 e. The summed E-state index contributed by atoms with van der Waals surface area (Å²) in [5, 5.41) is 8.88. The molecule has 0 unspecified atom stereocenters. The van der Waals surface area contributed by atoms with Crippen LogP contribution >= 0.6 is 0 Å². The molecule has 0 aromatic heterocycles. The molecule has 1 aliphatic heterocycles. The molecule has 4 heteroatoms. The van der Waals surface area contributed by atoms with Gasteiger partial charge < -0.3 is 14.6 Å². The molecule has 0 saturated heterocycles. The zero-order valence-electron chi connectivity index (χ0n) is 18.3. The molecular formula is C25H31O4. The molecule has 1 heterocycles. The minimum atomic E-state index is -0.314. The molecule has 4 nitrogen and oxygen atoms in total. The molecule has 0 amide bonds. The summed E-state index contributed by atoms with van der Waals surface area (Å²) in [5.41, 5.74) is 3.71. The van der Waals surface area contributed by atoms with E-state index in [2.05, 4.69) is 53.7 Å². The predicted molar refractivity (Wildman–Crippen MR) is 115 cm³/mol. The lowest BCUT2D eigenvalue weighted by molar-refractivity contribution is -0.130. The number of benzene rings is 2. The van der Waals surface area contributed by atoms with Gasteiger partial charge in [-0.15, -0.1) is 0 Å². The van der Waals surface area contributed by atoms with Gasteiger partial charge in [0.05, 0.1) is 6.61 Å². The Morgan fingerprint density at radius 1 is 0.966 bits per heavy atom. The first kappa shape index (κ1) is 21.4. The van der Waals surface area contributed by atoms with Crippen LogP contribution < -0.4 is 9.47 Å². The van der Waals surface area contributed by atoms with Crippen molar-refractivity contribution >= 4 is 5.97 Å². The predicted octanol–water partition coefficient (Wildman–Crippen LogP) is 4.93. The average Bonchev–Trinajstić information content (AvgIpc) is 2.96. The average molecular weight is 396 g/mol. The van der Waals surface area contributed by atoms with Crippen molar-refractivity contribution in [3.63, 3.8) is 0 Å². The third-order valence-electron chi connectivity index (χ3n) is 5.15. The number of aliphatic hydroxyl groups is 1. The molecule has 1 radical (unpaired) electrons. The van der Waals surface area contributed by atoms with E-state index in [0.717, 1.165) is 16.7 Å². The van der Waals surface area contributed by atoms with Gasteiger partial charge >= 0.3 is 5.97 Å². The van der Waals surface area contributed by atoms with E-state index in [4.69, 9.17) is 14.6 Å². The van der Waals surface area contributed by atoms with Crippen molar-refractivity contribution in [2.24, 2.45) is 0 Å². The second kappa shape index (κ2) is 7.83. The van der Waals surface area contributed by atoms with Crippen molar-refractivity contribution < 1.29 is 19.4 Å². The van der Waals surface area contributed by atoms with Gasteiger partial charge in [0.25, 0.3) is 0 Å². The standard InChI is InChI=1S/C25H31O4/c1-24(2,3)17-14-19-21(16-8-10-18(11-9-16)28-13-7-12-26)23(27)29-22(19)20(15-17)25(4,5)6/h8-11,14-15,26H,7,12-13H2,1-6H3. The zero-order chi connectivity index (χ0) is 21.4. The molecule has 0 bridgehead atoms. The monoisotopic (exact) mass is 395 g/mol. The fourth-order valence-electron chi connectivity index (χ4n) is 3.41. The number of carbonyl (C=O) groups is 1. The lowest BCUT2D eigenvalue weighted by atomic mass is 9.77. The number of aliphatic hydroxyl groups excluding tert-OH is 1. The molecule has 2 aromatic carbocycles. The van der Waals surface area contributed by atoms with Crippen molar-refractivity contribution in [1.82, 2.24) is 0 Å². The molecule has 2 aromatic rings. The summed E-state index contributed by atoms with van der Waals surface area (Å²) >= 11 is 0. The lowest BCUT2D eigenvalue weighted by Gasteiger charge is -2.27.